The Balaban J connectivity index is 1.31. The lowest BCUT2D eigenvalue weighted by Crippen LogP contribution is -2.40. The molecule has 2 fully saturated rings. The van der Waals surface area contributed by atoms with Gasteiger partial charge in [-0.25, -0.2) is 24.1 Å². The van der Waals surface area contributed by atoms with Crippen LogP contribution in [-0.2, 0) is 16.1 Å². The van der Waals surface area contributed by atoms with Gasteiger partial charge in [-0.2, -0.15) is 0 Å². The number of nitrogens with zero attached hydrogens (tertiary/aromatic N) is 4. The van der Waals surface area contributed by atoms with Crippen LogP contribution in [0.3, 0.4) is 0 Å². The number of nitrogens with two attached hydrogens (primary N) is 2. The molecule has 34 heavy (non-hydrogen) atoms. The summed E-state index contributed by atoms with van der Waals surface area (Å²) < 4.78 is 25.1. The van der Waals surface area contributed by atoms with E-state index in [1.165, 1.54) is 12.4 Å². The zero-order chi connectivity index (χ0) is 24.1. The lowest BCUT2D eigenvalue weighted by molar-refractivity contribution is -0.134. The van der Waals surface area contributed by atoms with Gasteiger partial charge in [-0.1, -0.05) is 18.2 Å². The molecule has 0 radical (unpaired) electrons. The van der Waals surface area contributed by atoms with Crippen molar-refractivity contribution in [2.75, 3.05) is 19.7 Å². The molecule has 0 atom stereocenters. The molecule has 1 aromatic carbocycles. The zero-order valence-corrected chi connectivity index (χ0v) is 18.7. The third-order valence-electron chi connectivity index (χ3n) is 5.93. The van der Waals surface area contributed by atoms with E-state index in [0.29, 0.717) is 29.6 Å². The number of carbonyl (C=O) groups excluding carboxylic acids is 2. The summed E-state index contributed by atoms with van der Waals surface area (Å²) in [7, 11) is 0. The first kappa shape index (κ1) is 23.4. The summed E-state index contributed by atoms with van der Waals surface area (Å²) in [5, 5.41) is 0. The monoisotopic (exact) mass is 470 g/mol. The van der Waals surface area contributed by atoms with Crippen molar-refractivity contribution in [2.24, 2.45) is 28.3 Å². The van der Waals surface area contributed by atoms with E-state index in [2.05, 4.69) is 19.7 Å². The highest BCUT2D eigenvalue weighted by Crippen LogP contribution is 2.32. The number of piperidine rings is 1. The molecule has 1 aliphatic carbocycles. The van der Waals surface area contributed by atoms with E-state index in [-0.39, 0.29) is 24.0 Å². The number of aromatic nitrogens is 2. The molecule has 2 aliphatic rings. The Labute approximate surface area is 196 Å². The van der Waals surface area contributed by atoms with E-state index in [9.17, 15) is 14.0 Å². The number of amidine groups is 1. The number of amides is 2. The van der Waals surface area contributed by atoms with Crippen molar-refractivity contribution in [2.45, 2.75) is 32.2 Å². The zero-order valence-electron chi connectivity index (χ0n) is 18.7. The number of rotatable bonds is 7. The van der Waals surface area contributed by atoms with Gasteiger partial charge in [-0.05, 0) is 31.6 Å². The Morgan fingerprint density at radius 3 is 2.47 bits per heavy atom. The van der Waals surface area contributed by atoms with E-state index >= 15 is 0 Å². The van der Waals surface area contributed by atoms with Gasteiger partial charge in [0.25, 0.3) is 6.02 Å². The maximum Gasteiger partial charge on any atom is 0.412 e. The van der Waals surface area contributed by atoms with Crippen molar-refractivity contribution in [3.05, 3.63) is 42.0 Å². The summed E-state index contributed by atoms with van der Waals surface area (Å²) in [6, 6.07) is 4.59. The molecule has 11 heteroatoms. The number of benzene rings is 1. The number of hydrogen-bond acceptors (Lipinski definition) is 7. The highest BCUT2D eigenvalue weighted by atomic mass is 19.1. The van der Waals surface area contributed by atoms with Crippen LogP contribution in [0, 0.1) is 17.7 Å². The SMILES string of the molecule is NC(=O)OC(N)=NCc1cccc(-c2cnc(OCC3CCN(C(=O)C4CC4)CC3)nc2)c1F. The molecular formula is C23H27FN6O4. The Morgan fingerprint density at radius 1 is 1.12 bits per heavy atom. The summed E-state index contributed by atoms with van der Waals surface area (Å²) in [6.07, 6.45) is 5.74. The van der Waals surface area contributed by atoms with Gasteiger partial charge in [-0.3, -0.25) is 4.79 Å². The minimum absolute atomic E-state index is 0.133. The van der Waals surface area contributed by atoms with Crippen molar-refractivity contribution < 1.29 is 23.5 Å². The van der Waals surface area contributed by atoms with Gasteiger partial charge in [0.15, 0.2) is 0 Å². The Hall–Kier alpha value is -3.76. The second-order valence-corrected chi connectivity index (χ2v) is 8.46. The minimum atomic E-state index is -1.09. The Kier molecular flexibility index (Phi) is 7.19. The van der Waals surface area contributed by atoms with Crippen LogP contribution in [0.5, 0.6) is 6.01 Å². The molecule has 4 N–H and O–H groups in total. The largest absolute Gasteiger partial charge is 0.463 e. The van der Waals surface area contributed by atoms with Crippen LogP contribution < -0.4 is 16.2 Å². The second kappa shape index (κ2) is 10.4. The number of halogens is 1. The van der Waals surface area contributed by atoms with Gasteiger partial charge in [-0.15, -0.1) is 0 Å². The normalized spacial score (nSPS) is 16.9. The molecule has 0 bridgehead atoms. The quantitative estimate of drug-likeness (QED) is 0.466. The number of primary amides is 1. The third kappa shape index (κ3) is 5.97. The topological polar surface area (TPSA) is 146 Å². The Morgan fingerprint density at radius 2 is 1.82 bits per heavy atom. The van der Waals surface area contributed by atoms with E-state index in [1.807, 2.05) is 4.90 Å². The first-order valence-electron chi connectivity index (χ1n) is 11.2. The Bertz CT molecular complexity index is 1070. The third-order valence-corrected chi connectivity index (χ3v) is 5.93. The molecule has 1 saturated carbocycles. The number of hydrogen-bond donors (Lipinski definition) is 2. The van der Waals surface area contributed by atoms with Crippen molar-refractivity contribution in [3.63, 3.8) is 0 Å². The predicted molar refractivity (Wildman–Crippen MR) is 121 cm³/mol. The molecule has 2 heterocycles. The maximum atomic E-state index is 14.9. The summed E-state index contributed by atoms with van der Waals surface area (Å²) in [4.78, 5) is 37.0. The molecule has 1 saturated heterocycles. The molecule has 180 valence electrons. The van der Waals surface area contributed by atoms with Gasteiger partial charge >= 0.3 is 12.1 Å². The molecule has 0 spiro atoms. The average molecular weight is 471 g/mol. The average Bonchev–Trinajstić information content (AvgIpc) is 3.68. The molecule has 2 amide bonds. The molecule has 10 nitrogen and oxygen atoms in total. The number of aliphatic imine (C=N–C) groups is 1. The van der Waals surface area contributed by atoms with Crippen LogP contribution >= 0.6 is 0 Å². The number of likely N-dealkylation sites (tertiary alicyclic amines) is 1. The second-order valence-electron chi connectivity index (χ2n) is 8.46. The van der Waals surface area contributed by atoms with E-state index in [1.54, 1.807) is 18.2 Å². The molecule has 0 unspecified atom stereocenters. The van der Waals surface area contributed by atoms with Gasteiger partial charge < -0.3 is 25.8 Å². The number of carbonyl (C=O) groups is 2. The van der Waals surface area contributed by atoms with Crippen molar-refractivity contribution >= 4 is 18.0 Å². The van der Waals surface area contributed by atoms with Crippen molar-refractivity contribution in [1.29, 1.82) is 0 Å². The van der Waals surface area contributed by atoms with Crippen molar-refractivity contribution in [1.82, 2.24) is 14.9 Å². The first-order chi connectivity index (χ1) is 16.4. The van der Waals surface area contributed by atoms with E-state index < -0.39 is 17.9 Å². The van der Waals surface area contributed by atoms with Crippen molar-refractivity contribution in [3.8, 4) is 17.1 Å². The van der Waals surface area contributed by atoms with Gasteiger partial charge in [0.1, 0.15) is 5.82 Å². The molecule has 1 aliphatic heterocycles. The summed E-state index contributed by atoms with van der Waals surface area (Å²) >= 11 is 0. The summed E-state index contributed by atoms with van der Waals surface area (Å²) in [5.74, 6) is 0.380. The van der Waals surface area contributed by atoms with Gasteiger partial charge in [0.05, 0.1) is 13.2 Å². The standard InChI is InChI=1S/C23H27FN6O4/c24-19-16(10-27-21(25)34-22(26)32)2-1-3-18(19)17-11-28-23(29-12-17)33-13-14-6-8-30(9-7-14)20(31)15-4-5-15/h1-3,11-12,14-15H,4-10,13H2,(H2,25,27)(H2,26,32). The maximum absolute atomic E-state index is 14.9. The van der Waals surface area contributed by atoms with E-state index in [0.717, 1.165) is 38.8 Å². The van der Waals surface area contributed by atoms with Crippen LogP contribution in [0.1, 0.15) is 31.2 Å². The fraction of sp³-hybridized carbons (Fsp3) is 0.435. The minimum Gasteiger partial charge on any atom is -0.463 e. The molecular weight excluding hydrogens is 443 g/mol. The highest BCUT2D eigenvalue weighted by molar-refractivity contribution is 5.84. The molecule has 2 aromatic rings. The lowest BCUT2D eigenvalue weighted by atomic mass is 9.97. The van der Waals surface area contributed by atoms with Crippen LogP contribution in [0.4, 0.5) is 9.18 Å². The van der Waals surface area contributed by atoms with Crippen LogP contribution in [0.25, 0.3) is 11.1 Å². The van der Waals surface area contributed by atoms with Gasteiger partial charge in [0, 0.05) is 48.1 Å². The lowest BCUT2D eigenvalue weighted by Gasteiger charge is -2.31. The summed E-state index contributed by atoms with van der Waals surface area (Å²) in [6.45, 7) is 1.87. The highest BCUT2D eigenvalue weighted by Gasteiger charge is 2.35. The fourth-order valence-electron chi connectivity index (χ4n) is 3.85. The van der Waals surface area contributed by atoms with Crippen LogP contribution in [0.15, 0.2) is 35.6 Å². The summed E-state index contributed by atoms with van der Waals surface area (Å²) in [5.41, 5.74) is 11.3. The smallest absolute Gasteiger partial charge is 0.412 e. The van der Waals surface area contributed by atoms with Gasteiger partial charge in [0.2, 0.25) is 5.91 Å². The first-order valence-corrected chi connectivity index (χ1v) is 11.2. The predicted octanol–water partition coefficient (Wildman–Crippen LogP) is 2.22. The molecule has 4 rings (SSSR count). The molecule has 1 aromatic heterocycles. The van der Waals surface area contributed by atoms with Crippen LogP contribution in [-0.4, -0.2) is 52.6 Å². The van der Waals surface area contributed by atoms with E-state index in [4.69, 9.17) is 16.2 Å². The van der Waals surface area contributed by atoms with Crippen LogP contribution in [0.2, 0.25) is 0 Å². The fourth-order valence-corrected chi connectivity index (χ4v) is 3.85. The number of ether oxygens (including phenoxy) is 2.